The van der Waals surface area contributed by atoms with E-state index in [2.05, 4.69) is 0 Å². The summed E-state index contributed by atoms with van der Waals surface area (Å²) in [5.41, 5.74) is -0.833. The highest BCUT2D eigenvalue weighted by Crippen LogP contribution is 2.30. The summed E-state index contributed by atoms with van der Waals surface area (Å²) >= 11 is 0. The van der Waals surface area contributed by atoms with Crippen LogP contribution in [-0.4, -0.2) is 18.4 Å². The molecule has 0 radical (unpaired) electrons. The van der Waals surface area contributed by atoms with Crippen LogP contribution in [0.15, 0.2) is 30.3 Å². The van der Waals surface area contributed by atoms with Crippen molar-refractivity contribution in [1.29, 1.82) is 5.26 Å². The molecule has 19 heavy (non-hydrogen) atoms. The zero-order valence-electron chi connectivity index (χ0n) is 11.2. The van der Waals surface area contributed by atoms with Crippen molar-refractivity contribution >= 4 is 11.8 Å². The third-order valence-electron chi connectivity index (χ3n) is 2.93. The van der Waals surface area contributed by atoms with Gasteiger partial charge in [-0.1, -0.05) is 30.3 Å². The summed E-state index contributed by atoms with van der Waals surface area (Å²) in [6.45, 7) is 3.34. The number of nitrogens with zero attached hydrogens (tertiary/aromatic N) is 1. The number of ether oxygens (including phenoxy) is 1. The first-order valence-electron chi connectivity index (χ1n) is 6.20. The van der Waals surface area contributed by atoms with Crippen LogP contribution in [0.2, 0.25) is 0 Å². The lowest BCUT2D eigenvalue weighted by Gasteiger charge is -2.24. The Balaban J connectivity index is 3.18. The van der Waals surface area contributed by atoms with E-state index in [4.69, 9.17) is 4.74 Å². The molecule has 0 heterocycles. The molecule has 1 atom stereocenters. The van der Waals surface area contributed by atoms with Gasteiger partial charge in [0, 0.05) is 6.42 Å². The molecule has 0 aliphatic heterocycles. The van der Waals surface area contributed by atoms with E-state index >= 15 is 0 Å². The lowest BCUT2D eigenvalue weighted by molar-refractivity contribution is -0.148. The maximum atomic E-state index is 12.2. The summed E-state index contributed by atoms with van der Waals surface area (Å²) in [7, 11) is 0. The third-order valence-corrected chi connectivity index (χ3v) is 2.93. The van der Waals surface area contributed by atoms with Gasteiger partial charge < -0.3 is 9.53 Å². The second-order valence-electron chi connectivity index (χ2n) is 4.31. The van der Waals surface area contributed by atoms with Crippen LogP contribution in [0.3, 0.4) is 0 Å². The molecular weight excluding hydrogens is 242 g/mol. The van der Waals surface area contributed by atoms with Crippen LogP contribution >= 0.6 is 0 Å². The van der Waals surface area contributed by atoms with Gasteiger partial charge >= 0.3 is 5.97 Å². The number of ketones is 1. The SMILES string of the molecule is CCOC(=O)C(C#N)(CCC(C)=O)c1ccccc1. The highest BCUT2D eigenvalue weighted by atomic mass is 16.5. The number of nitriles is 1. The van der Waals surface area contributed by atoms with Crippen molar-refractivity contribution in [1.82, 2.24) is 0 Å². The zero-order valence-corrected chi connectivity index (χ0v) is 11.2. The summed E-state index contributed by atoms with van der Waals surface area (Å²) < 4.78 is 5.01. The van der Waals surface area contributed by atoms with E-state index < -0.39 is 11.4 Å². The maximum Gasteiger partial charge on any atom is 0.331 e. The molecule has 0 saturated carbocycles. The molecule has 4 heteroatoms. The average Bonchev–Trinajstić information content (AvgIpc) is 2.41. The molecule has 1 aromatic rings. The number of esters is 1. The lowest BCUT2D eigenvalue weighted by atomic mass is 9.77. The molecule has 0 aliphatic rings. The zero-order chi connectivity index (χ0) is 14.3. The van der Waals surface area contributed by atoms with Gasteiger partial charge in [-0.2, -0.15) is 5.26 Å². The standard InChI is InChI=1S/C15H17NO3/c1-3-19-14(18)15(11-16,10-9-12(2)17)13-7-5-4-6-8-13/h4-8H,3,9-10H2,1-2H3. The summed E-state index contributed by atoms with van der Waals surface area (Å²) in [6.07, 6.45) is 0.308. The molecule has 1 rings (SSSR count). The van der Waals surface area contributed by atoms with Gasteiger partial charge in [0.05, 0.1) is 12.7 Å². The van der Waals surface area contributed by atoms with Crippen LogP contribution in [0.5, 0.6) is 0 Å². The molecule has 0 spiro atoms. The fourth-order valence-corrected chi connectivity index (χ4v) is 1.87. The number of hydrogen-bond acceptors (Lipinski definition) is 4. The minimum absolute atomic E-state index is 0.0557. The van der Waals surface area contributed by atoms with E-state index in [1.54, 1.807) is 31.2 Å². The van der Waals surface area contributed by atoms with Crippen LogP contribution in [0.1, 0.15) is 32.3 Å². The van der Waals surface area contributed by atoms with E-state index in [9.17, 15) is 14.9 Å². The van der Waals surface area contributed by atoms with Gasteiger partial charge in [-0.3, -0.25) is 0 Å². The lowest BCUT2D eigenvalue weighted by Crippen LogP contribution is -2.36. The molecule has 0 aliphatic carbocycles. The van der Waals surface area contributed by atoms with Crippen molar-refractivity contribution in [2.75, 3.05) is 6.61 Å². The van der Waals surface area contributed by atoms with Gasteiger partial charge in [0.2, 0.25) is 0 Å². The first-order valence-corrected chi connectivity index (χ1v) is 6.20. The highest BCUT2D eigenvalue weighted by Gasteiger charge is 2.42. The summed E-state index contributed by atoms with van der Waals surface area (Å²) in [4.78, 5) is 23.3. The third kappa shape index (κ3) is 3.41. The summed E-state index contributed by atoms with van der Waals surface area (Å²) in [5.74, 6) is -0.648. The van der Waals surface area contributed by atoms with Crippen LogP contribution < -0.4 is 0 Å². The van der Waals surface area contributed by atoms with Crippen LogP contribution in [0.25, 0.3) is 0 Å². The Bertz CT molecular complexity index is 490. The molecule has 0 amide bonds. The number of carbonyl (C=O) groups is 2. The van der Waals surface area contributed by atoms with Gasteiger partial charge in [0.1, 0.15) is 5.78 Å². The minimum Gasteiger partial charge on any atom is -0.465 e. The maximum absolute atomic E-state index is 12.2. The Kier molecular flexibility index (Phi) is 5.25. The number of carbonyl (C=O) groups excluding carboxylic acids is 2. The van der Waals surface area contributed by atoms with Crippen molar-refractivity contribution in [2.45, 2.75) is 32.1 Å². The van der Waals surface area contributed by atoms with Crippen molar-refractivity contribution in [3.8, 4) is 6.07 Å². The Labute approximate surface area is 113 Å². The normalized spacial score (nSPS) is 13.1. The van der Waals surface area contributed by atoms with E-state index in [0.717, 1.165) is 0 Å². The molecule has 0 fully saturated rings. The number of Topliss-reactive ketones (excluding diaryl/α,β-unsaturated/α-hetero) is 1. The van der Waals surface area contributed by atoms with Crippen LogP contribution in [-0.2, 0) is 19.7 Å². The molecule has 1 unspecified atom stereocenters. The molecule has 4 nitrogen and oxygen atoms in total. The Morgan fingerprint density at radius 1 is 1.32 bits per heavy atom. The van der Waals surface area contributed by atoms with E-state index in [1.807, 2.05) is 12.1 Å². The molecule has 0 aromatic heterocycles. The average molecular weight is 259 g/mol. The largest absolute Gasteiger partial charge is 0.465 e. The minimum atomic E-state index is -1.40. The summed E-state index contributed by atoms with van der Waals surface area (Å²) in [6, 6.07) is 10.8. The fourth-order valence-electron chi connectivity index (χ4n) is 1.87. The molecule has 0 N–H and O–H groups in total. The Morgan fingerprint density at radius 2 is 1.95 bits per heavy atom. The van der Waals surface area contributed by atoms with Gasteiger partial charge in [-0.15, -0.1) is 0 Å². The Morgan fingerprint density at radius 3 is 2.42 bits per heavy atom. The van der Waals surface area contributed by atoms with Crippen molar-refractivity contribution in [3.63, 3.8) is 0 Å². The number of hydrogen-bond donors (Lipinski definition) is 0. The first-order chi connectivity index (χ1) is 9.06. The van der Waals surface area contributed by atoms with Crippen molar-refractivity contribution < 1.29 is 14.3 Å². The molecule has 0 saturated heterocycles. The smallest absolute Gasteiger partial charge is 0.331 e. The molecule has 1 aromatic carbocycles. The van der Waals surface area contributed by atoms with Gasteiger partial charge in [0.15, 0.2) is 5.41 Å². The van der Waals surface area contributed by atoms with E-state index in [1.165, 1.54) is 6.92 Å². The fraction of sp³-hybridized carbons (Fsp3) is 0.400. The molecular formula is C15H17NO3. The van der Waals surface area contributed by atoms with Crippen LogP contribution in [0.4, 0.5) is 0 Å². The molecule has 100 valence electrons. The number of benzene rings is 1. The summed E-state index contributed by atoms with van der Waals surface area (Å²) in [5, 5.41) is 9.48. The van der Waals surface area contributed by atoms with Crippen LogP contribution in [0, 0.1) is 11.3 Å². The Hall–Kier alpha value is -2.15. The number of rotatable bonds is 6. The second-order valence-corrected chi connectivity index (χ2v) is 4.31. The van der Waals surface area contributed by atoms with Crippen molar-refractivity contribution in [2.24, 2.45) is 0 Å². The van der Waals surface area contributed by atoms with E-state index in [0.29, 0.717) is 5.56 Å². The predicted octanol–water partition coefficient (Wildman–Crippen LogP) is 2.38. The van der Waals surface area contributed by atoms with Gasteiger partial charge in [-0.25, -0.2) is 4.79 Å². The first kappa shape index (κ1) is 14.9. The monoisotopic (exact) mass is 259 g/mol. The highest BCUT2D eigenvalue weighted by molar-refractivity contribution is 5.88. The topological polar surface area (TPSA) is 67.2 Å². The molecule has 0 bridgehead atoms. The van der Waals surface area contributed by atoms with Gasteiger partial charge in [0.25, 0.3) is 0 Å². The van der Waals surface area contributed by atoms with Crippen molar-refractivity contribution in [3.05, 3.63) is 35.9 Å². The predicted molar refractivity (Wildman–Crippen MR) is 70.3 cm³/mol. The quantitative estimate of drug-likeness (QED) is 0.735. The van der Waals surface area contributed by atoms with E-state index in [-0.39, 0.29) is 25.2 Å². The second kappa shape index (κ2) is 6.69. The van der Waals surface area contributed by atoms with Gasteiger partial charge in [-0.05, 0) is 25.8 Å².